The number of Topliss-reactive ketones (excluding diaryl/α,β-unsaturated/α-hetero) is 1. The lowest BCUT2D eigenvalue weighted by atomic mass is 10.1. The maximum Gasteiger partial charge on any atom is 0.410 e. The minimum absolute atomic E-state index is 0.0111. The fraction of sp³-hybridized carbons (Fsp3) is 0.412. The first-order valence-electron chi connectivity index (χ1n) is 8.23. The van der Waals surface area contributed by atoms with Gasteiger partial charge in [-0.3, -0.25) is 9.69 Å². The van der Waals surface area contributed by atoms with Crippen molar-refractivity contribution in [1.82, 2.24) is 15.2 Å². The molecule has 2 aliphatic heterocycles. The van der Waals surface area contributed by atoms with Gasteiger partial charge in [-0.05, 0) is 25.5 Å². The van der Waals surface area contributed by atoms with Crippen molar-refractivity contribution in [2.75, 3.05) is 19.8 Å². The number of esters is 1. The molecule has 1 aromatic rings. The Morgan fingerprint density at radius 2 is 2.35 bits per heavy atom. The molecule has 3 heterocycles. The first-order chi connectivity index (χ1) is 12.5. The second-order valence-corrected chi connectivity index (χ2v) is 6.29. The van der Waals surface area contributed by atoms with Crippen LogP contribution in [0.1, 0.15) is 23.7 Å². The molecule has 0 aliphatic carbocycles. The lowest BCUT2D eigenvalue weighted by Crippen LogP contribution is -2.32. The number of rotatable bonds is 6. The van der Waals surface area contributed by atoms with Crippen molar-refractivity contribution in [3.05, 3.63) is 40.8 Å². The third-order valence-electron chi connectivity index (χ3n) is 4.26. The van der Waals surface area contributed by atoms with E-state index in [2.05, 4.69) is 10.3 Å². The van der Waals surface area contributed by atoms with Crippen LogP contribution in [0.5, 0.6) is 0 Å². The van der Waals surface area contributed by atoms with E-state index in [0.29, 0.717) is 19.6 Å². The maximum absolute atomic E-state index is 12.7. The second kappa shape index (κ2) is 7.74. The first kappa shape index (κ1) is 18.2. The van der Waals surface area contributed by atoms with Crippen LogP contribution in [-0.2, 0) is 14.3 Å². The van der Waals surface area contributed by atoms with E-state index in [0.717, 1.165) is 0 Å². The summed E-state index contributed by atoms with van der Waals surface area (Å²) in [6, 6.07) is 2.98. The van der Waals surface area contributed by atoms with Crippen LogP contribution in [0.2, 0.25) is 5.15 Å². The van der Waals surface area contributed by atoms with E-state index in [-0.39, 0.29) is 41.1 Å². The smallest absolute Gasteiger partial charge is 0.410 e. The number of cyclic esters (lactones) is 1. The third-order valence-corrected chi connectivity index (χ3v) is 4.56. The van der Waals surface area contributed by atoms with Gasteiger partial charge in [-0.2, -0.15) is 0 Å². The minimum Gasteiger partial charge on any atom is -0.462 e. The Kier molecular flexibility index (Phi) is 5.41. The normalized spacial score (nSPS) is 22.0. The molecule has 0 radical (unpaired) electrons. The fourth-order valence-electron chi connectivity index (χ4n) is 3.00. The van der Waals surface area contributed by atoms with Gasteiger partial charge in [0.15, 0.2) is 0 Å². The van der Waals surface area contributed by atoms with Crippen molar-refractivity contribution >= 4 is 29.4 Å². The highest BCUT2D eigenvalue weighted by Crippen LogP contribution is 2.24. The number of hydrogen-bond donors (Lipinski definition) is 1. The van der Waals surface area contributed by atoms with Gasteiger partial charge in [-0.1, -0.05) is 11.6 Å². The summed E-state index contributed by atoms with van der Waals surface area (Å²) >= 11 is 5.96. The molecule has 1 aromatic heterocycles. The van der Waals surface area contributed by atoms with E-state index in [1.165, 1.54) is 18.5 Å². The number of halogens is 1. The molecule has 9 heteroatoms. The van der Waals surface area contributed by atoms with Crippen LogP contribution in [-0.4, -0.2) is 59.6 Å². The van der Waals surface area contributed by atoms with Crippen molar-refractivity contribution in [1.29, 1.82) is 0 Å². The highest BCUT2D eigenvalue weighted by atomic mass is 35.5. The summed E-state index contributed by atoms with van der Waals surface area (Å²) in [5.74, 6) is -1.32. The van der Waals surface area contributed by atoms with Crippen LogP contribution >= 0.6 is 11.6 Å². The lowest BCUT2D eigenvalue weighted by Gasteiger charge is -2.13. The summed E-state index contributed by atoms with van der Waals surface area (Å²) in [6.07, 6.45) is 3.12. The quantitative estimate of drug-likeness (QED) is 0.200. The van der Waals surface area contributed by atoms with Gasteiger partial charge in [0, 0.05) is 25.0 Å². The molecule has 8 nitrogen and oxygen atoms in total. The Balaban J connectivity index is 1.77. The number of hydrogen-bond acceptors (Lipinski definition) is 7. The molecule has 0 unspecified atom stereocenters. The van der Waals surface area contributed by atoms with Gasteiger partial charge in [0.1, 0.15) is 17.3 Å². The van der Waals surface area contributed by atoms with Gasteiger partial charge >= 0.3 is 12.1 Å². The van der Waals surface area contributed by atoms with Gasteiger partial charge in [0.2, 0.25) is 5.78 Å². The average molecular weight is 380 g/mol. The van der Waals surface area contributed by atoms with Crippen LogP contribution < -0.4 is 5.32 Å². The maximum atomic E-state index is 12.7. The van der Waals surface area contributed by atoms with E-state index in [9.17, 15) is 14.4 Å². The Morgan fingerprint density at radius 1 is 1.54 bits per heavy atom. The Bertz CT molecular complexity index is 767. The van der Waals surface area contributed by atoms with Crippen molar-refractivity contribution in [3.63, 3.8) is 0 Å². The van der Waals surface area contributed by atoms with Crippen LogP contribution in [0.4, 0.5) is 4.79 Å². The highest BCUT2D eigenvalue weighted by molar-refractivity contribution is 6.35. The zero-order valence-corrected chi connectivity index (χ0v) is 14.9. The molecule has 2 atom stereocenters. The largest absolute Gasteiger partial charge is 0.462 e. The molecular weight excluding hydrogens is 362 g/mol. The van der Waals surface area contributed by atoms with Crippen molar-refractivity contribution in [2.45, 2.75) is 25.4 Å². The number of aromatic nitrogens is 1. The summed E-state index contributed by atoms with van der Waals surface area (Å²) in [5, 5.41) is 3.05. The Morgan fingerprint density at radius 3 is 3.04 bits per heavy atom. The molecule has 26 heavy (non-hydrogen) atoms. The zero-order valence-electron chi connectivity index (χ0n) is 14.1. The summed E-state index contributed by atoms with van der Waals surface area (Å²) < 4.78 is 9.94. The van der Waals surface area contributed by atoms with Crippen molar-refractivity contribution in [2.24, 2.45) is 0 Å². The summed E-state index contributed by atoms with van der Waals surface area (Å²) in [7, 11) is 0. The van der Waals surface area contributed by atoms with E-state index < -0.39 is 11.8 Å². The molecule has 2 aliphatic rings. The van der Waals surface area contributed by atoms with E-state index in [4.69, 9.17) is 21.1 Å². The molecular formula is C17H18ClN3O5. The van der Waals surface area contributed by atoms with Gasteiger partial charge in [0.25, 0.3) is 0 Å². The van der Waals surface area contributed by atoms with Crippen LogP contribution in [0, 0.1) is 0 Å². The number of ether oxygens (including phenoxy) is 2. The molecule has 3 rings (SSSR count). The number of fused-ring (bicyclic) bond motifs is 1. The molecule has 1 amide bonds. The van der Waals surface area contributed by atoms with Gasteiger partial charge in [0.05, 0.1) is 18.2 Å². The monoisotopic (exact) mass is 379 g/mol. The number of carbonyl (C=O) groups is 3. The standard InChI is InChI=1S/C17H18ClN3O5/c1-2-25-16(23)13(14(22)12-4-3-5-19-15(12)18)7-20-10-6-11-9-26-17(24)21(11)8-10/h3-5,7,10-11,20H,2,6,8-9H2,1H3/t10-,11-/m0/s1. The number of nitrogens with one attached hydrogen (secondary N) is 1. The predicted octanol–water partition coefficient (Wildman–Crippen LogP) is 1.55. The van der Waals surface area contributed by atoms with E-state index in [1.807, 2.05) is 0 Å². The van der Waals surface area contributed by atoms with E-state index >= 15 is 0 Å². The lowest BCUT2D eigenvalue weighted by molar-refractivity contribution is -0.138. The molecule has 2 saturated heterocycles. The van der Waals surface area contributed by atoms with Crippen molar-refractivity contribution in [3.8, 4) is 0 Å². The van der Waals surface area contributed by atoms with Gasteiger partial charge in [-0.15, -0.1) is 0 Å². The number of amides is 1. The van der Waals surface area contributed by atoms with Crippen LogP contribution in [0.25, 0.3) is 0 Å². The Hall–Kier alpha value is -2.61. The summed E-state index contributed by atoms with van der Waals surface area (Å²) in [5.41, 5.74) is -0.0534. The van der Waals surface area contributed by atoms with Gasteiger partial charge < -0.3 is 14.8 Å². The van der Waals surface area contributed by atoms with Gasteiger partial charge in [-0.25, -0.2) is 14.6 Å². The minimum atomic E-state index is -0.747. The predicted molar refractivity (Wildman–Crippen MR) is 91.7 cm³/mol. The summed E-state index contributed by atoms with van der Waals surface area (Å²) in [6.45, 7) is 2.59. The highest BCUT2D eigenvalue weighted by Gasteiger charge is 2.41. The molecule has 0 spiro atoms. The first-order valence-corrected chi connectivity index (χ1v) is 8.61. The third kappa shape index (κ3) is 3.65. The molecule has 2 fully saturated rings. The van der Waals surface area contributed by atoms with E-state index in [1.54, 1.807) is 17.9 Å². The number of carbonyl (C=O) groups excluding carboxylic acids is 3. The fourth-order valence-corrected chi connectivity index (χ4v) is 3.20. The summed E-state index contributed by atoms with van der Waals surface area (Å²) in [4.78, 5) is 42.0. The second-order valence-electron chi connectivity index (χ2n) is 5.93. The van der Waals surface area contributed by atoms with Crippen LogP contribution in [0.15, 0.2) is 30.1 Å². The molecule has 1 N–H and O–H groups in total. The SMILES string of the molecule is CCOC(=O)C(=CN[C@H]1C[C@H]2COC(=O)N2C1)C(=O)c1cccnc1Cl. The molecule has 0 aromatic carbocycles. The molecule has 0 saturated carbocycles. The van der Waals surface area contributed by atoms with Crippen molar-refractivity contribution < 1.29 is 23.9 Å². The van der Waals surface area contributed by atoms with Crippen LogP contribution in [0.3, 0.4) is 0 Å². The number of ketones is 1. The topological polar surface area (TPSA) is 97.8 Å². The number of pyridine rings is 1. The Labute approximate surface area is 155 Å². The average Bonchev–Trinajstić information content (AvgIpc) is 3.17. The number of nitrogens with zero attached hydrogens (tertiary/aromatic N) is 2. The molecule has 0 bridgehead atoms. The zero-order chi connectivity index (χ0) is 18.7. The molecule has 138 valence electrons.